The maximum absolute atomic E-state index is 13.4. The van der Waals surface area contributed by atoms with Gasteiger partial charge in [-0.25, -0.2) is 4.39 Å². The summed E-state index contributed by atoms with van der Waals surface area (Å²) in [7, 11) is 1.55. The van der Waals surface area contributed by atoms with E-state index in [2.05, 4.69) is 4.98 Å². The molecule has 3 nitrogen and oxygen atoms in total. The molecule has 0 amide bonds. The van der Waals surface area contributed by atoms with Crippen LogP contribution in [0.2, 0.25) is 0 Å². The van der Waals surface area contributed by atoms with E-state index in [9.17, 15) is 4.39 Å². The number of aromatic nitrogens is 1. The summed E-state index contributed by atoms with van der Waals surface area (Å²) in [4.78, 5) is 4.09. The predicted molar refractivity (Wildman–Crippen MR) is 72.6 cm³/mol. The molecular formula is C15H17FN2O. The van der Waals surface area contributed by atoms with Gasteiger partial charge in [0.15, 0.2) is 0 Å². The Bertz CT molecular complexity index is 572. The zero-order valence-corrected chi connectivity index (χ0v) is 11.1. The maximum Gasteiger partial charge on any atom is 0.124 e. The van der Waals surface area contributed by atoms with Crippen LogP contribution < -0.4 is 10.5 Å². The molecule has 2 rings (SSSR count). The van der Waals surface area contributed by atoms with Crippen molar-refractivity contribution in [1.29, 1.82) is 0 Å². The normalized spacial score (nSPS) is 12.2. The molecule has 2 aromatic rings. The lowest BCUT2D eigenvalue weighted by molar-refractivity contribution is 0.406. The molecule has 19 heavy (non-hydrogen) atoms. The van der Waals surface area contributed by atoms with E-state index in [-0.39, 0.29) is 5.82 Å². The van der Waals surface area contributed by atoms with Gasteiger partial charge in [-0.05, 0) is 41.8 Å². The molecule has 2 N–H and O–H groups in total. The van der Waals surface area contributed by atoms with E-state index in [1.54, 1.807) is 25.6 Å². The van der Waals surface area contributed by atoms with Gasteiger partial charge >= 0.3 is 0 Å². The van der Waals surface area contributed by atoms with Gasteiger partial charge in [-0.3, -0.25) is 4.98 Å². The molecule has 1 atom stereocenters. The van der Waals surface area contributed by atoms with Crippen molar-refractivity contribution in [3.8, 4) is 5.75 Å². The number of rotatable bonds is 4. The van der Waals surface area contributed by atoms with Gasteiger partial charge in [0, 0.05) is 18.0 Å². The third kappa shape index (κ3) is 2.74. The standard InChI is InChI=1S/C15H17FN2O/c1-3-10-9-18-7-6-12(10)15(17)13-8-11(16)4-5-14(13)19-2/h4-9,15H,3,17H2,1-2H3. The van der Waals surface area contributed by atoms with E-state index < -0.39 is 6.04 Å². The Hall–Kier alpha value is -1.94. The smallest absolute Gasteiger partial charge is 0.124 e. The van der Waals surface area contributed by atoms with Crippen molar-refractivity contribution in [3.63, 3.8) is 0 Å². The Morgan fingerprint density at radius 2 is 2.11 bits per heavy atom. The molecule has 1 heterocycles. The molecule has 1 aromatic carbocycles. The number of hydrogen-bond donors (Lipinski definition) is 1. The molecule has 0 aliphatic rings. The molecule has 0 saturated carbocycles. The Morgan fingerprint density at radius 3 is 2.79 bits per heavy atom. The molecule has 0 spiro atoms. The summed E-state index contributed by atoms with van der Waals surface area (Å²) in [5, 5.41) is 0. The van der Waals surface area contributed by atoms with Crippen LogP contribution in [0.1, 0.15) is 29.7 Å². The molecule has 1 unspecified atom stereocenters. The summed E-state index contributed by atoms with van der Waals surface area (Å²) in [5.74, 6) is 0.270. The van der Waals surface area contributed by atoms with Gasteiger partial charge in [-0.15, -0.1) is 0 Å². The van der Waals surface area contributed by atoms with Crippen LogP contribution in [0.4, 0.5) is 4.39 Å². The van der Waals surface area contributed by atoms with Crippen molar-refractivity contribution in [3.05, 3.63) is 59.2 Å². The quantitative estimate of drug-likeness (QED) is 0.919. The Morgan fingerprint density at radius 1 is 1.32 bits per heavy atom. The van der Waals surface area contributed by atoms with Crippen LogP contribution in [0.3, 0.4) is 0 Å². The number of pyridine rings is 1. The third-order valence-corrected chi connectivity index (χ3v) is 3.18. The van der Waals surface area contributed by atoms with Crippen molar-refractivity contribution in [2.75, 3.05) is 7.11 Å². The number of halogens is 1. The number of methoxy groups -OCH3 is 1. The van der Waals surface area contributed by atoms with Gasteiger partial charge in [0.1, 0.15) is 11.6 Å². The molecule has 1 aromatic heterocycles. The van der Waals surface area contributed by atoms with Crippen molar-refractivity contribution < 1.29 is 9.13 Å². The third-order valence-electron chi connectivity index (χ3n) is 3.18. The second kappa shape index (κ2) is 5.80. The van der Waals surface area contributed by atoms with Crippen molar-refractivity contribution in [2.45, 2.75) is 19.4 Å². The second-order valence-electron chi connectivity index (χ2n) is 4.29. The lowest BCUT2D eigenvalue weighted by Crippen LogP contribution is -2.15. The highest BCUT2D eigenvalue weighted by Crippen LogP contribution is 2.30. The van der Waals surface area contributed by atoms with Crippen LogP contribution in [0.25, 0.3) is 0 Å². The van der Waals surface area contributed by atoms with E-state index in [0.29, 0.717) is 11.3 Å². The number of nitrogens with two attached hydrogens (primary N) is 1. The average molecular weight is 260 g/mol. The van der Waals surface area contributed by atoms with E-state index >= 15 is 0 Å². The van der Waals surface area contributed by atoms with Crippen LogP contribution in [-0.4, -0.2) is 12.1 Å². The summed E-state index contributed by atoms with van der Waals surface area (Å²) < 4.78 is 18.7. The highest BCUT2D eigenvalue weighted by molar-refractivity contribution is 5.43. The van der Waals surface area contributed by atoms with Gasteiger partial charge in [0.25, 0.3) is 0 Å². The minimum absolute atomic E-state index is 0.321. The van der Waals surface area contributed by atoms with E-state index in [1.807, 2.05) is 13.0 Å². The number of benzene rings is 1. The molecule has 0 saturated heterocycles. The fraction of sp³-hybridized carbons (Fsp3) is 0.267. The lowest BCUT2D eigenvalue weighted by Gasteiger charge is -2.18. The summed E-state index contributed by atoms with van der Waals surface area (Å²) in [6.07, 6.45) is 4.32. The maximum atomic E-state index is 13.4. The summed E-state index contributed by atoms with van der Waals surface area (Å²) in [6.45, 7) is 2.04. The first kappa shape index (κ1) is 13.5. The minimum atomic E-state index is -0.427. The van der Waals surface area contributed by atoms with Gasteiger partial charge < -0.3 is 10.5 Å². The molecule has 0 fully saturated rings. The molecule has 100 valence electrons. The van der Waals surface area contributed by atoms with Crippen LogP contribution in [-0.2, 0) is 6.42 Å². The fourth-order valence-corrected chi connectivity index (χ4v) is 2.15. The molecular weight excluding hydrogens is 243 g/mol. The zero-order chi connectivity index (χ0) is 13.8. The SMILES string of the molecule is CCc1cnccc1C(N)c1cc(F)ccc1OC. The fourth-order valence-electron chi connectivity index (χ4n) is 2.15. The topological polar surface area (TPSA) is 48.1 Å². The summed E-state index contributed by atoms with van der Waals surface area (Å²) in [6, 6.07) is 5.82. The first-order valence-electron chi connectivity index (χ1n) is 6.19. The van der Waals surface area contributed by atoms with Crippen molar-refractivity contribution in [2.24, 2.45) is 5.73 Å². The monoisotopic (exact) mass is 260 g/mol. The first-order chi connectivity index (χ1) is 9.17. The molecule has 4 heteroatoms. The van der Waals surface area contributed by atoms with Crippen LogP contribution >= 0.6 is 0 Å². The Kier molecular flexibility index (Phi) is 4.12. The molecule has 0 bridgehead atoms. The number of ether oxygens (including phenoxy) is 1. The van der Waals surface area contributed by atoms with Crippen molar-refractivity contribution >= 4 is 0 Å². The predicted octanol–water partition coefficient (Wildman–Crippen LogP) is 2.84. The highest BCUT2D eigenvalue weighted by atomic mass is 19.1. The van der Waals surface area contributed by atoms with E-state index in [1.165, 1.54) is 12.1 Å². The van der Waals surface area contributed by atoms with E-state index in [0.717, 1.165) is 17.5 Å². The molecule has 0 aliphatic heterocycles. The summed E-state index contributed by atoms with van der Waals surface area (Å²) in [5.41, 5.74) is 8.91. The first-order valence-corrected chi connectivity index (χ1v) is 6.19. The number of aryl methyl sites for hydroxylation is 1. The van der Waals surface area contributed by atoms with Crippen molar-refractivity contribution in [1.82, 2.24) is 4.98 Å². The second-order valence-corrected chi connectivity index (χ2v) is 4.29. The van der Waals surface area contributed by atoms with Gasteiger partial charge in [0.05, 0.1) is 13.2 Å². The van der Waals surface area contributed by atoms with Gasteiger partial charge in [-0.1, -0.05) is 6.92 Å². The Labute approximate surface area is 112 Å². The average Bonchev–Trinajstić information content (AvgIpc) is 2.46. The largest absolute Gasteiger partial charge is 0.496 e. The van der Waals surface area contributed by atoms with Crippen LogP contribution in [0, 0.1) is 5.82 Å². The highest BCUT2D eigenvalue weighted by Gasteiger charge is 2.17. The van der Waals surface area contributed by atoms with Crippen LogP contribution in [0.5, 0.6) is 5.75 Å². The lowest BCUT2D eigenvalue weighted by atomic mass is 9.95. The molecule has 0 aliphatic carbocycles. The number of nitrogens with zero attached hydrogens (tertiary/aromatic N) is 1. The zero-order valence-electron chi connectivity index (χ0n) is 11.1. The Balaban J connectivity index is 2.49. The van der Waals surface area contributed by atoms with Gasteiger partial charge in [0.2, 0.25) is 0 Å². The number of hydrogen-bond acceptors (Lipinski definition) is 3. The van der Waals surface area contributed by atoms with Crippen LogP contribution in [0.15, 0.2) is 36.7 Å². The minimum Gasteiger partial charge on any atom is -0.496 e. The molecule has 0 radical (unpaired) electrons. The van der Waals surface area contributed by atoms with E-state index in [4.69, 9.17) is 10.5 Å². The summed E-state index contributed by atoms with van der Waals surface area (Å²) >= 11 is 0. The van der Waals surface area contributed by atoms with Gasteiger partial charge in [-0.2, -0.15) is 0 Å².